The van der Waals surface area contributed by atoms with Crippen LogP contribution in [0.5, 0.6) is 0 Å². The molecule has 1 heterocycles. The number of Topliss-reactive ketones (excluding diaryl/α,β-unsaturated/α-hetero) is 1. The van der Waals surface area contributed by atoms with Crippen molar-refractivity contribution in [2.24, 2.45) is 0 Å². The Morgan fingerprint density at radius 1 is 1.24 bits per heavy atom. The summed E-state index contributed by atoms with van der Waals surface area (Å²) in [4.78, 5) is 25.0. The lowest BCUT2D eigenvalue weighted by molar-refractivity contribution is -0.114. The summed E-state index contributed by atoms with van der Waals surface area (Å²) in [6.07, 6.45) is 0.256. The predicted octanol–water partition coefficient (Wildman–Crippen LogP) is 2.19. The molecular weight excluding hydrogens is 221 g/mol. The lowest BCUT2D eigenvalue weighted by atomic mass is 10.0. The number of ketones is 1. The summed E-state index contributed by atoms with van der Waals surface area (Å²) >= 11 is 0. The molecule has 2 rings (SSSR count). The number of amides is 1. The van der Waals surface area contributed by atoms with E-state index in [1.807, 2.05) is 19.9 Å². The summed E-state index contributed by atoms with van der Waals surface area (Å²) in [5.41, 5.74) is 2.94. The van der Waals surface area contributed by atoms with Gasteiger partial charge in [-0.2, -0.15) is 0 Å². The Bertz CT molecular complexity index is 496. The van der Waals surface area contributed by atoms with Crippen LogP contribution in [0.2, 0.25) is 0 Å². The van der Waals surface area contributed by atoms with Crippen molar-refractivity contribution in [2.45, 2.75) is 20.3 Å². The van der Waals surface area contributed by atoms with Crippen LogP contribution >= 0.6 is 0 Å². The third-order valence-corrected chi connectivity index (χ3v) is 2.91. The van der Waals surface area contributed by atoms with Gasteiger partial charge in [0.25, 0.3) is 11.7 Å². The zero-order valence-electron chi connectivity index (χ0n) is 9.92. The van der Waals surface area contributed by atoms with Gasteiger partial charge in [0.2, 0.25) is 0 Å². The molecule has 0 radical (unpaired) electrons. The second kappa shape index (κ2) is 4.28. The average molecular weight is 235 g/mol. The predicted molar refractivity (Wildman–Crippen MR) is 63.2 cm³/mol. The van der Waals surface area contributed by atoms with Gasteiger partial charge in [-0.05, 0) is 37.5 Å². The Labute approximate surface area is 99.2 Å². The molecule has 0 fully saturated rings. The van der Waals surface area contributed by atoms with Crippen LogP contribution in [0, 0.1) is 13.8 Å². The third-order valence-electron chi connectivity index (χ3n) is 2.91. The fourth-order valence-corrected chi connectivity index (χ4v) is 2.26. The van der Waals surface area contributed by atoms with Crippen molar-refractivity contribution >= 4 is 17.4 Å². The number of anilines is 1. The number of nitrogens with zero attached hydrogens (tertiary/aromatic N) is 1. The summed E-state index contributed by atoms with van der Waals surface area (Å²) in [6, 6.07) is 3.64. The molecule has 0 bridgehead atoms. The van der Waals surface area contributed by atoms with Crippen LogP contribution < -0.4 is 4.90 Å². The molecule has 0 atom stereocenters. The number of benzene rings is 1. The second-order valence-corrected chi connectivity index (χ2v) is 4.31. The molecule has 0 saturated carbocycles. The fraction of sp³-hybridized carbons (Fsp3) is 0.385. The van der Waals surface area contributed by atoms with E-state index in [0.29, 0.717) is 11.3 Å². The van der Waals surface area contributed by atoms with Gasteiger partial charge in [-0.1, -0.05) is 6.07 Å². The highest BCUT2D eigenvalue weighted by atomic mass is 19.1. The summed E-state index contributed by atoms with van der Waals surface area (Å²) in [6.45, 7) is 3.52. The lowest BCUT2D eigenvalue weighted by Crippen LogP contribution is -2.31. The topological polar surface area (TPSA) is 37.4 Å². The van der Waals surface area contributed by atoms with Crippen molar-refractivity contribution in [1.29, 1.82) is 0 Å². The molecule has 1 aromatic rings. The molecule has 0 spiro atoms. The Morgan fingerprint density at radius 3 is 2.59 bits per heavy atom. The maximum atomic E-state index is 12.2. The number of halogens is 1. The van der Waals surface area contributed by atoms with Crippen LogP contribution in [0.15, 0.2) is 12.1 Å². The van der Waals surface area contributed by atoms with E-state index in [0.717, 1.165) is 11.1 Å². The summed E-state index contributed by atoms with van der Waals surface area (Å²) in [5, 5.41) is 0. The van der Waals surface area contributed by atoms with E-state index >= 15 is 0 Å². The number of hydrogen-bond donors (Lipinski definition) is 0. The van der Waals surface area contributed by atoms with E-state index in [1.54, 1.807) is 6.07 Å². The Morgan fingerprint density at radius 2 is 1.94 bits per heavy atom. The molecule has 0 N–H and O–H groups in total. The highest BCUT2D eigenvalue weighted by molar-refractivity contribution is 6.52. The van der Waals surface area contributed by atoms with E-state index in [-0.39, 0.29) is 13.0 Å². The molecule has 0 aromatic heterocycles. The van der Waals surface area contributed by atoms with E-state index in [4.69, 9.17) is 0 Å². The lowest BCUT2D eigenvalue weighted by Gasteiger charge is -2.17. The monoisotopic (exact) mass is 235 g/mol. The number of aryl methyl sites for hydroxylation is 2. The number of rotatable bonds is 3. The minimum atomic E-state index is -0.540. The van der Waals surface area contributed by atoms with Crippen molar-refractivity contribution in [2.75, 3.05) is 18.1 Å². The first-order chi connectivity index (χ1) is 8.06. The molecule has 0 aliphatic carbocycles. The number of hydrogen-bond acceptors (Lipinski definition) is 2. The third kappa shape index (κ3) is 1.84. The number of fused-ring (bicyclic) bond motifs is 1. The maximum absolute atomic E-state index is 12.2. The molecule has 1 aliphatic rings. The van der Waals surface area contributed by atoms with Crippen LogP contribution in [0.4, 0.5) is 10.1 Å². The Balaban J connectivity index is 2.48. The number of alkyl halides is 1. The van der Waals surface area contributed by atoms with Crippen LogP contribution in [-0.4, -0.2) is 24.9 Å². The van der Waals surface area contributed by atoms with Gasteiger partial charge in [-0.25, -0.2) is 0 Å². The van der Waals surface area contributed by atoms with Crippen molar-refractivity contribution in [1.82, 2.24) is 0 Å². The van der Waals surface area contributed by atoms with Crippen LogP contribution in [0.25, 0.3) is 0 Å². The smallest absolute Gasteiger partial charge is 0.299 e. The molecule has 90 valence electrons. The first kappa shape index (κ1) is 11.8. The zero-order chi connectivity index (χ0) is 12.6. The molecule has 0 unspecified atom stereocenters. The molecule has 0 saturated heterocycles. The van der Waals surface area contributed by atoms with Crippen molar-refractivity contribution < 1.29 is 14.0 Å². The minimum Gasteiger partial charge on any atom is -0.304 e. The van der Waals surface area contributed by atoms with Crippen molar-refractivity contribution in [3.8, 4) is 0 Å². The largest absolute Gasteiger partial charge is 0.304 e. The van der Waals surface area contributed by atoms with E-state index in [1.165, 1.54) is 4.90 Å². The van der Waals surface area contributed by atoms with Crippen molar-refractivity contribution in [3.05, 3.63) is 28.8 Å². The SMILES string of the molecule is Cc1cc(C)c2c(c1)C(=O)C(=O)N2CCCF. The van der Waals surface area contributed by atoms with Crippen LogP contribution in [0.1, 0.15) is 27.9 Å². The van der Waals surface area contributed by atoms with Gasteiger partial charge in [0.05, 0.1) is 17.9 Å². The van der Waals surface area contributed by atoms with Gasteiger partial charge in [0, 0.05) is 6.54 Å². The van der Waals surface area contributed by atoms with Gasteiger partial charge in [0.15, 0.2) is 0 Å². The molecule has 1 aliphatic heterocycles. The molecule has 3 nitrogen and oxygen atoms in total. The molecular formula is C13H14FNO2. The fourth-order valence-electron chi connectivity index (χ4n) is 2.26. The maximum Gasteiger partial charge on any atom is 0.299 e. The van der Waals surface area contributed by atoms with Gasteiger partial charge in [0.1, 0.15) is 0 Å². The van der Waals surface area contributed by atoms with E-state index < -0.39 is 18.4 Å². The molecule has 1 aromatic carbocycles. The number of carbonyl (C=O) groups excluding carboxylic acids is 2. The highest BCUT2D eigenvalue weighted by Gasteiger charge is 2.36. The van der Waals surface area contributed by atoms with Gasteiger partial charge >= 0.3 is 0 Å². The van der Waals surface area contributed by atoms with Gasteiger partial charge < -0.3 is 4.90 Å². The van der Waals surface area contributed by atoms with Crippen LogP contribution in [0.3, 0.4) is 0 Å². The first-order valence-corrected chi connectivity index (χ1v) is 5.59. The molecule has 17 heavy (non-hydrogen) atoms. The summed E-state index contributed by atoms with van der Waals surface area (Å²) in [7, 11) is 0. The standard InChI is InChI=1S/C13H14FNO2/c1-8-6-9(2)11-10(7-8)12(16)13(17)15(11)5-3-4-14/h6-7H,3-5H2,1-2H3. The summed E-state index contributed by atoms with van der Waals surface area (Å²) in [5.74, 6) is -1.02. The van der Waals surface area contributed by atoms with E-state index in [2.05, 4.69) is 0 Å². The average Bonchev–Trinajstić information content (AvgIpc) is 2.51. The highest BCUT2D eigenvalue weighted by Crippen LogP contribution is 2.33. The zero-order valence-corrected chi connectivity index (χ0v) is 9.92. The quantitative estimate of drug-likeness (QED) is 0.753. The van der Waals surface area contributed by atoms with Crippen molar-refractivity contribution in [3.63, 3.8) is 0 Å². The van der Waals surface area contributed by atoms with Gasteiger partial charge in [-0.3, -0.25) is 14.0 Å². The van der Waals surface area contributed by atoms with Crippen LogP contribution in [-0.2, 0) is 4.79 Å². The normalized spacial score (nSPS) is 14.4. The van der Waals surface area contributed by atoms with Gasteiger partial charge in [-0.15, -0.1) is 0 Å². The first-order valence-electron chi connectivity index (χ1n) is 5.59. The summed E-state index contributed by atoms with van der Waals surface area (Å²) < 4.78 is 12.2. The number of carbonyl (C=O) groups is 2. The minimum absolute atomic E-state index is 0.256. The Hall–Kier alpha value is -1.71. The second-order valence-electron chi connectivity index (χ2n) is 4.31. The van der Waals surface area contributed by atoms with E-state index in [9.17, 15) is 14.0 Å². The molecule has 1 amide bonds. The molecule has 4 heteroatoms. The Kier molecular flexibility index (Phi) is 2.96.